The fourth-order valence-corrected chi connectivity index (χ4v) is 1.66. The van der Waals surface area contributed by atoms with Crippen molar-refractivity contribution in [3.63, 3.8) is 0 Å². The Balaban J connectivity index is 1.98. The average Bonchev–Trinajstić information content (AvgIpc) is 1.74. The Morgan fingerprint density at radius 2 is 2.33 bits per heavy atom. The van der Waals surface area contributed by atoms with E-state index in [-0.39, 0.29) is 0 Å². The highest BCUT2D eigenvalue weighted by Gasteiger charge is 2.37. The first-order valence-electron chi connectivity index (χ1n) is 3.70. The lowest BCUT2D eigenvalue weighted by atomic mass is 9.87. The van der Waals surface area contributed by atoms with E-state index >= 15 is 0 Å². The van der Waals surface area contributed by atoms with Crippen molar-refractivity contribution in [1.82, 2.24) is 4.90 Å². The van der Waals surface area contributed by atoms with E-state index in [0.29, 0.717) is 6.10 Å². The molecule has 0 N–H and O–H groups in total. The molecular weight excluding hydrogens is 114 g/mol. The fraction of sp³-hybridized carbons (Fsp3) is 1.00. The van der Waals surface area contributed by atoms with E-state index in [1.807, 2.05) is 0 Å². The molecule has 1 aliphatic carbocycles. The molecule has 2 aliphatic rings. The fourth-order valence-electron chi connectivity index (χ4n) is 1.66. The zero-order chi connectivity index (χ0) is 6.27. The summed E-state index contributed by atoms with van der Waals surface area (Å²) in [6, 6.07) is 0.763. The second kappa shape index (κ2) is 1.96. The van der Waals surface area contributed by atoms with Crippen molar-refractivity contribution in [2.75, 3.05) is 20.2 Å². The van der Waals surface area contributed by atoms with Gasteiger partial charge in [0.15, 0.2) is 0 Å². The standard InChI is InChI=1S/C7H13NO/c1-8-4-5-9-7-3-2-6(7)8/h6-7H,2-5H2,1H3/t6?,7-/m1/s1. The zero-order valence-electron chi connectivity index (χ0n) is 5.84. The van der Waals surface area contributed by atoms with Crippen LogP contribution < -0.4 is 0 Å². The minimum atomic E-state index is 0.587. The number of hydrogen-bond acceptors (Lipinski definition) is 2. The molecule has 0 aromatic rings. The van der Waals surface area contributed by atoms with E-state index in [1.54, 1.807) is 0 Å². The predicted octanol–water partition coefficient (Wildman–Crippen LogP) is 0.479. The highest BCUT2D eigenvalue weighted by Crippen LogP contribution is 2.29. The summed E-state index contributed by atoms with van der Waals surface area (Å²) in [5.74, 6) is 0. The molecule has 1 unspecified atom stereocenters. The lowest BCUT2D eigenvalue weighted by molar-refractivity contribution is -0.111. The van der Waals surface area contributed by atoms with E-state index in [2.05, 4.69) is 11.9 Å². The van der Waals surface area contributed by atoms with Crippen LogP contribution in [0, 0.1) is 0 Å². The van der Waals surface area contributed by atoms with Gasteiger partial charge in [0.2, 0.25) is 0 Å². The van der Waals surface area contributed by atoms with Gasteiger partial charge in [-0.2, -0.15) is 0 Å². The Labute approximate surface area is 55.8 Å². The van der Waals surface area contributed by atoms with Crippen LogP contribution in [-0.2, 0) is 4.74 Å². The molecule has 9 heavy (non-hydrogen) atoms. The van der Waals surface area contributed by atoms with E-state index in [0.717, 1.165) is 19.2 Å². The molecule has 2 fully saturated rings. The number of hydrogen-bond donors (Lipinski definition) is 0. The van der Waals surface area contributed by atoms with Gasteiger partial charge in [-0.1, -0.05) is 0 Å². The van der Waals surface area contributed by atoms with Crippen LogP contribution in [0.1, 0.15) is 12.8 Å². The van der Waals surface area contributed by atoms with Crippen LogP contribution in [0.3, 0.4) is 0 Å². The molecule has 2 atom stereocenters. The Hall–Kier alpha value is -0.0800. The third kappa shape index (κ3) is 0.775. The van der Waals surface area contributed by atoms with Gasteiger partial charge in [0.25, 0.3) is 0 Å². The Morgan fingerprint density at radius 1 is 1.44 bits per heavy atom. The third-order valence-corrected chi connectivity index (χ3v) is 2.52. The lowest BCUT2D eigenvalue weighted by Gasteiger charge is -2.46. The summed E-state index contributed by atoms with van der Waals surface area (Å²) in [5, 5.41) is 0. The average molecular weight is 127 g/mol. The van der Waals surface area contributed by atoms with E-state index < -0.39 is 0 Å². The van der Waals surface area contributed by atoms with Gasteiger partial charge in [0.05, 0.1) is 12.7 Å². The zero-order valence-corrected chi connectivity index (χ0v) is 5.84. The monoisotopic (exact) mass is 127 g/mol. The summed E-state index contributed by atoms with van der Waals surface area (Å²) < 4.78 is 5.51. The molecule has 2 rings (SSSR count). The Kier molecular flexibility index (Phi) is 1.24. The van der Waals surface area contributed by atoms with Crippen molar-refractivity contribution < 1.29 is 4.74 Å². The summed E-state index contributed by atoms with van der Waals surface area (Å²) in [5.41, 5.74) is 0. The topological polar surface area (TPSA) is 12.5 Å². The normalized spacial score (nSPS) is 43.7. The molecule has 2 nitrogen and oxygen atoms in total. The first-order valence-corrected chi connectivity index (χ1v) is 3.70. The number of nitrogens with zero attached hydrogens (tertiary/aromatic N) is 1. The van der Waals surface area contributed by atoms with Gasteiger partial charge in [-0.05, 0) is 19.9 Å². The molecule has 1 heterocycles. The van der Waals surface area contributed by atoms with Gasteiger partial charge >= 0.3 is 0 Å². The van der Waals surface area contributed by atoms with Crippen molar-refractivity contribution in [2.24, 2.45) is 0 Å². The highest BCUT2D eigenvalue weighted by atomic mass is 16.5. The quantitative estimate of drug-likeness (QED) is 0.469. The van der Waals surface area contributed by atoms with Crippen molar-refractivity contribution in [3.8, 4) is 0 Å². The smallest absolute Gasteiger partial charge is 0.0731 e. The maximum absolute atomic E-state index is 5.51. The highest BCUT2D eigenvalue weighted by molar-refractivity contribution is 4.91. The largest absolute Gasteiger partial charge is 0.375 e. The first-order chi connectivity index (χ1) is 4.38. The number of rotatable bonds is 0. The second-order valence-electron chi connectivity index (χ2n) is 3.03. The van der Waals surface area contributed by atoms with Gasteiger partial charge in [0, 0.05) is 12.6 Å². The molecule has 1 saturated carbocycles. The molecule has 0 spiro atoms. The summed E-state index contributed by atoms with van der Waals surface area (Å²) in [6.07, 6.45) is 3.22. The predicted molar refractivity (Wildman–Crippen MR) is 35.4 cm³/mol. The number of ether oxygens (including phenoxy) is 1. The van der Waals surface area contributed by atoms with Crippen molar-refractivity contribution in [3.05, 3.63) is 0 Å². The molecule has 0 aromatic heterocycles. The molecule has 0 amide bonds. The maximum atomic E-state index is 5.51. The van der Waals surface area contributed by atoms with Gasteiger partial charge in [0.1, 0.15) is 0 Å². The van der Waals surface area contributed by atoms with E-state index in [1.165, 1.54) is 12.8 Å². The lowest BCUT2D eigenvalue weighted by Crippen LogP contribution is -2.55. The summed E-state index contributed by atoms with van der Waals surface area (Å²) in [4.78, 5) is 2.41. The van der Waals surface area contributed by atoms with Crippen LogP contribution in [-0.4, -0.2) is 37.2 Å². The van der Waals surface area contributed by atoms with Crippen molar-refractivity contribution in [2.45, 2.75) is 25.0 Å². The minimum Gasteiger partial charge on any atom is -0.375 e. The molecular formula is C7H13NO. The number of morpholine rings is 1. The molecule has 52 valence electrons. The van der Waals surface area contributed by atoms with Crippen molar-refractivity contribution in [1.29, 1.82) is 0 Å². The molecule has 0 radical (unpaired) electrons. The van der Waals surface area contributed by atoms with E-state index in [9.17, 15) is 0 Å². The second-order valence-corrected chi connectivity index (χ2v) is 3.03. The van der Waals surface area contributed by atoms with Crippen molar-refractivity contribution >= 4 is 0 Å². The van der Waals surface area contributed by atoms with Crippen LogP contribution in [0.25, 0.3) is 0 Å². The maximum Gasteiger partial charge on any atom is 0.0731 e. The Bertz CT molecular complexity index is 109. The van der Waals surface area contributed by atoms with Gasteiger partial charge in [-0.15, -0.1) is 0 Å². The number of fused-ring (bicyclic) bond motifs is 1. The van der Waals surface area contributed by atoms with Crippen LogP contribution in [0.15, 0.2) is 0 Å². The number of likely N-dealkylation sites (N-methyl/N-ethyl adjacent to an activating group) is 1. The molecule has 0 aromatic carbocycles. The molecule has 0 bridgehead atoms. The summed E-state index contributed by atoms with van der Waals surface area (Å²) in [7, 11) is 2.19. The molecule has 1 saturated heterocycles. The first kappa shape index (κ1) is 5.69. The molecule has 1 aliphatic heterocycles. The Morgan fingerprint density at radius 3 is 2.78 bits per heavy atom. The van der Waals surface area contributed by atoms with Crippen LogP contribution in [0.4, 0.5) is 0 Å². The van der Waals surface area contributed by atoms with Gasteiger partial charge < -0.3 is 4.74 Å². The summed E-state index contributed by atoms with van der Waals surface area (Å²) in [6.45, 7) is 2.07. The van der Waals surface area contributed by atoms with Crippen LogP contribution in [0.5, 0.6) is 0 Å². The van der Waals surface area contributed by atoms with E-state index in [4.69, 9.17) is 4.74 Å². The van der Waals surface area contributed by atoms with Crippen LogP contribution >= 0.6 is 0 Å². The van der Waals surface area contributed by atoms with Gasteiger partial charge in [-0.3, -0.25) is 4.90 Å². The summed E-state index contributed by atoms with van der Waals surface area (Å²) >= 11 is 0. The van der Waals surface area contributed by atoms with Crippen LogP contribution in [0.2, 0.25) is 0 Å². The third-order valence-electron chi connectivity index (χ3n) is 2.52. The minimum absolute atomic E-state index is 0.587. The van der Waals surface area contributed by atoms with Gasteiger partial charge in [-0.25, -0.2) is 0 Å². The molecule has 2 heteroatoms. The SMILES string of the molecule is CN1CCO[C@@H]2CCC21.